The summed E-state index contributed by atoms with van der Waals surface area (Å²) >= 11 is 0. The van der Waals surface area contributed by atoms with Gasteiger partial charge in [-0.2, -0.15) is 0 Å². The first-order valence-electron chi connectivity index (χ1n) is 5.66. The Labute approximate surface area is 84.7 Å². The third-order valence-electron chi connectivity index (χ3n) is 1.88. The van der Waals surface area contributed by atoms with Gasteiger partial charge in [0.1, 0.15) is 0 Å². The highest BCUT2D eigenvalue weighted by Gasteiger charge is 1.97. The van der Waals surface area contributed by atoms with Gasteiger partial charge in [-0.3, -0.25) is 0 Å². The van der Waals surface area contributed by atoms with Crippen LogP contribution in [0.5, 0.6) is 0 Å². The zero-order valence-corrected chi connectivity index (χ0v) is 10.4. The topological polar surface area (TPSA) is 15.3 Å². The maximum Gasteiger partial charge on any atom is 0.0107 e. The molecule has 0 bridgehead atoms. The molecule has 0 saturated heterocycles. The standard InChI is InChI=1S/C9H22N2.C2H6/c1-5-11(6-2)8-7-10-9(3)4;1-2/h9-10H,5-8H2,1-4H3;1-2H3. The molecule has 0 atom stereocenters. The van der Waals surface area contributed by atoms with Gasteiger partial charge in [-0.1, -0.05) is 41.5 Å². The van der Waals surface area contributed by atoms with Crippen LogP contribution in [0.4, 0.5) is 0 Å². The normalized spacial score (nSPS) is 10.2. The van der Waals surface area contributed by atoms with Crippen molar-refractivity contribution in [3.8, 4) is 0 Å². The minimum absolute atomic E-state index is 0.616. The monoisotopic (exact) mass is 188 g/mol. The lowest BCUT2D eigenvalue weighted by Gasteiger charge is -2.18. The Morgan fingerprint density at radius 2 is 1.54 bits per heavy atom. The van der Waals surface area contributed by atoms with Gasteiger partial charge in [0.2, 0.25) is 0 Å². The highest BCUT2D eigenvalue weighted by atomic mass is 15.1. The maximum absolute atomic E-state index is 3.40. The SMILES string of the molecule is CC.CCN(CC)CCNC(C)C. The van der Waals surface area contributed by atoms with Crippen molar-refractivity contribution in [1.82, 2.24) is 10.2 Å². The summed E-state index contributed by atoms with van der Waals surface area (Å²) in [4.78, 5) is 2.43. The summed E-state index contributed by atoms with van der Waals surface area (Å²) in [6, 6.07) is 0.616. The highest BCUT2D eigenvalue weighted by Crippen LogP contribution is 1.84. The van der Waals surface area contributed by atoms with E-state index in [0.717, 1.165) is 19.6 Å². The first-order valence-corrected chi connectivity index (χ1v) is 5.66. The first-order chi connectivity index (χ1) is 6.20. The predicted molar refractivity (Wildman–Crippen MR) is 62.3 cm³/mol. The van der Waals surface area contributed by atoms with Crippen LogP contribution in [0.2, 0.25) is 0 Å². The van der Waals surface area contributed by atoms with E-state index in [9.17, 15) is 0 Å². The van der Waals surface area contributed by atoms with Gasteiger partial charge in [-0.05, 0) is 13.1 Å². The van der Waals surface area contributed by atoms with Crippen LogP contribution in [-0.2, 0) is 0 Å². The van der Waals surface area contributed by atoms with Crippen LogP contribution < -0.4 is 5.32 Å². The Kier molecular flexibility index (Phi) is 14.1. The van der Waals surface area contributed by atoms with Crippen LogP contribution in [-0.4, -0.2) is 37.1 Å². The Balaban J connectivity index is 0. The highest BCUT2D eigenvalue weighted by molar-refractivity contribution is 4.57. The third-order valence-corrected chi connectivity index (χ3v) is 1.88. The number of hydrogen-bond acceptors (Lipinski definition) is 2. The smallest absolute Gasteiger partial charge is 0.0107 e. The van der Waals surface area contributed by atoms with E-state index in [1.807, 2.05) is 13.8 Å². The molecule has 0 aromatic heterocycles. The average molecular weight is 188 g/mol. The van der Waals surface area contributed by atoms with Crippen molar-refractivity contribution in [3.05, 3.63) is 0 Å². The zero-order valence-electron chi connectivity index (χ0n) is 10.4. The summed E-state index contributed by atoms with van der Waals surface area (Å²) in [6.45, 7) is 17.4. The lowest BCUT2D eigenvalue weighted by Crippen LogP contribution is -2.34. The van der Waals surface area contributed by atoms with E-state index in [-0.39, 0.29) is 0 Å². The number of hydrogen-bond donors (Lipinski definition) is 1. The van der Waals surface area contributed by atoms with Crippen LogP contribution in [0.15, 0.2) is 0 Å². The molecule has 13 heavy (non-hydrogen) atoms. The average Bonchev–Trinajstić information content (AvgIpc) is 2.15. The molecule has 0 rings (SSSR count). The van der Waals surface area contributed by atoms with Crippen molar-refractivity contribution in [2.24, 2.45) is 0 Å². The van der Waals surface area contributed by atoms with E-state index in [1.54, 1.807) is 0 Å². The molecule has 0 spiro atoms. The van der Waals surface area contributed by atoms with Crippen molar-refractivity contribution in [1.29, 1.82) is 0 Å². The van der Waals surface area contributed by atoms with E-state index in [0.29, 0.717) is 6.04 Å². The fraction of sp³-hybridized carbons (Fsp3) is 1.00. The Morgan fingerprint density at radius 1 is 1.08 bits per heavy atom. The van der Waals surface area contributed by atoms with Crippen molar-refractivity contribution >= 4 is 0 Å². The molecule has 0 saturated carbocycles. The molecule has 1 N–H and O–H groups in total. The van der Waals surface area contributed by atoms with Gasteiger partial charge >= 0.3 is 0 Å². The minimum atomic E-state index is 0.616. The molecule has 0 aromatic rings. The van der Waals surface area contributed by atoms with Gasteiger partial charge in [0, 0.05) is 19.1 Å². The van der Waals surface area contributed by atoms with Gasteiger partial charge in [-0.15, -0.1) is 0 Å². The largest absolute Gasteiger partial charge is 0.313 e. The Hall–Kier alpha value is -0.0800. The molecule has 2 nitrogen and oxygen atoms in total. The van der Waals surface area contributed by atoms with E-state index in [4.69, 9.17) is 0 Å². The second-order valence-corrected chi connectivity index (χ2v) is 3.14. The van der Waals surface area contributed by atoms with E-state index in [1.165, 1.54) is 6.54 Å². The molecule has 0 aromatic carbocycles. The summed E-state index contributed by atoms with van der Waals surface area (Å²) in [7, 11) is 0. The number of likely N-dealkylation sites (N-methyl/N-ethyl adjacent to an activating group) is 1. The molecule has 0 fully saturated rings. The van der Waals surface area contributed by atoms with Crippen LogP contribution in [0.3, 0.4) is 0 Å². The fourth-order valence-corrected chi connectivity index (χ4v) is 1.05. The zero-order chi connectivity index (χ0) is 10.7. The molecule has 0 aliphatic rings. The summed E-state index contributed by atoms with van der Waals surface area (Å²) < 4.78 is 0. The first kappa shape index (κ1) is 15.4. The molecule has 0 amide bonds. The quantitative estimate of drug-likeness (QED) is 0.688. The molecule has 82 valence electrons. The summed E-state index contributed by atoms with van der Waals surface area (Å²) in [6.07, 6.45) is 0. The number of nitrogens with one attached hydrogen (secondary N) is 1. The van der Waals surface area contributed by atoms with Gasteiger partial charge in [-0.25, -0.2) is 0 Å². The molecule has 0 aliphatic carbocycles. The van der Waals surface area contributed by atoms with Crippen LogP contribution in [0, 0.1) is 0 Å². The second kappa shape index (κ2) is 11.9. The van der Waals surface area contributed by atoms with Crippen molar-refractivity contribution < 1.29 is 0 Å². The second-order valence-electron chi connectivity index (χ2n) is 3.14. The third kappa shape index (κ3) is 11.9. The van der Waals surface area contributed by atoms with Gasteiger partial charge < -0.3 is 10.2 Å². The van der Waals surface area contributed by atoms with Gasteiger partial charge in [0.25, 0.3) is 0 Å². The maximum atomic E-state index is 3.40. The fourth-order valence-electron chi connectivity index (χ4n) is 1.05. The van der Waals surface area contributed by atoms with Crippen LogP contribution in [0.1, 0.15) is 41.5 Å². The molecule has 0 unspecified atom stereocenters. The number of rotatable bonds is 6. The predicted octanol–water partition coefficient (Wildman–Crippen LogP) is 2.35. The molecular formula is C11H28N2. The summed E-state index contributed by atoms with van der Waals surface area (Å²) in [5, 5.41) is 3.40. The Bertz CT molecular complexity index is 78.2. The van der Waals surface area contributed by atoms with E-state index in [2.05, 4.69) is 37.9 Å². The minimum Gasteiger partial charge on any atom is -0.313 e. The lowest BCUT2D eigenvalue weighted by molar-refractivity contribution is 0.299. The summed E-state index contributed by atoms with van der Waals surface area (Å²) in [5.74, 6) is 0. The molecular weight excluding hydrogens is 160 g/mol. The van der Waals surface area contributed by atoms with Crippen molar-refractivity contribution in [3.63, 3.8) is 0 Å². The van der Waals surface area contributed by atoms with Crippen LogP contribution >= 0.6 is 0 Å². The number of nitrogens with zero attached hydrogens (tertiary/aromatic N) is 1. The molecule has 0 heterocycles. The van der Waals surface area contributed by atoms with Gasteiger partial charge in [0.05, 0.1) is 0 Å². The van der Waals surface area contributed by atoms with E-state index >= 15 is 0 Å². The van der Waals surface area contributed by atoms with Crippen molar-refractivity contribution in [2.75, 3.05) is 26.2 Å². The van der Waals surface area contributed by atoms with Crippen molar-refractivity contribution in [2.45, 2.75) is 47.6 Å². The molecule has 2 heteroatoms. The van der Waals surface area contributed by atoms with E-state index < -0.39 is 0 Å². The molecule has 0 radical (unpaired) electrons. The summed E-state index contributed by atoms with van der Waals surface area (Å²) in [5.41, 5.74) is 0. The van der Waals surface area contributed by atoms with Crippen LogP contribution in [0.25, 0.3) is 0 Å². The van der Waals surface area contributed by atoms with Gasteiger partial charge in [0.15, 0.2) is 0 Å². The Morgan fingerprint density at radius 3 is 1.85 bits per heavy atom. The lowest BCUT2D eigenvalue weighted by atomic mass is 10.4. The molecule has 0 aliphatic heterocycles.